The van der Waals surface area contributed by atoms with Gasteiger partial charge in [-0.05, 0) is 42.3 Å². The molecule has 3 rings (SSSR count). The van der Waals surface area contributed by atoms with Crippen LogP contribution in [-0.4, -0.2) is 9.97 Å². The molecule has 3 aromatic rings. The average molecular weight is 291 g/mol. The summed E-state index contributed by atoms with van der Waals surface area (Å²) < 4.78 is 0. The molecule has 2 aromatic carbocycles. The SMILES string of the molecule is Cc1cc2[nH]c(Cc3ccc(Cl)cc3)nc2cc1Cl. The second kappa shape index (κ2) is 4.87. The Morgan fingerprint density at radius 2 is 1.84 bits per heavy atom. The predicted octanol–water partition coefficient (Wildman–Crippen LogP) is 4.77. The van der Waals surface area contributed by atoms with Gasteiger partial charge in [-0.25, -0.2) is 4.98 Å². The topological polar surface area (TPSA) is 28.7 Å². The standard InChI is InChI=1S/C15H12Cl2N2/c1-9-6-13-14(8-12(9)17)19-15(18-13)7-10-2-4-11(16)5-3-10/h2-6,8H,7H2,1H3,(H,18,19). The Hall–Kier alpha value is -1.51. The third kappa shape index (κ3) is 2.60. The number of aromatic nitrogens is 2. The Bertz CT molecular complexity index is 691. The monoisotopic (exact) mass is 290 g/mol. The zero-order valence-electron chi connectivity index (χ0n) is 10.4. The van der Waals surface area contributed by atoms with Gasteiger partial charge in [0.15, 0.2) is 0 Å². The van der Waals surface area contributed by atoms with E-state index in [1.165, 1.54) is 5.56 Å². The van der Waals surface area contributed by atoms with Crippen molar-refractivity contribution in [3.8, 4) is 0 Å². The van der Waals surface area contributed by atoms with Gasteiger partial charge in [0.2, 0.25) is 0 Å². The third-order valence-electron chi connectivity index (χ3n) is 3.10. The summed E-state index contributed by atoms with van der Waals surface area (Å²) in [4.78, 5) is 7.88. The smallest absolute Gasteiger partial charge is 0.111 e. The molecule has 0 aliphatic heterocycles. The molecular formula is C15H12Cl2N2. The summed E-state index contributed by atoms with van der Waals surface area (Å²) in [6.45, 7) is 1.99. The molecule has 0 radical (unpaired) electrons. The number of nitrogens with zero attached hydrogens (tertiary/aromatic N) is 1. The van der Waals surface area contributed by atoms with E-state index in [0.29, 0.717) is 0 Å². The van der Waals surface area contributed by atoms with Crippen LogP contribution in [-0.2, 0) is 6.42 Å². The fourth-order valence-electron chi connectivity index (χ4n) is 2.07. The van der Waals surface area contributed by atoms with Gasteiger partial charge < -0.3 is 4.98 Å². The fraction of sp³-hybridized carbons (Fsp3) is 0.133. The molecule has 1 N–H and O–H groups in total. The normalized spacial score (nSPS) is 11.1. The van der Waals surface area contributed by atoms with E-state index in [0.717, 1.165) is 38.9 Å². The van der Waals surface area contributed by atoms with Crippen LogP contribution in [0.2, 0.25) is 10.0 Å². The number of benzene rings is 2. The Morgan fingerprint density at radius 3 is 2.58 bits per heavy atom. The maximum absolute atomic E-state index is 6.11. The molecule has 1 aromatic heterocycles. The molecule has 0 saturated carbocycles. The first-order valence-electron chi connectivity index (χ1n) is 6.01. The van der Waals surface area contributed by atoms with Gasteiger partial charge in [-0.15, -0.1) is 0 Å². The van der Waals surface area contributed by atoms with Crippen molar-refractivity contribution in [2.45, 2.75) is 13.3 Å². The zero-order valence-corrected chi connectivity index (χ0v) is 11.9. The van der Waals surface area contributed by atoms with Crippen molar-refractivity contribution >= 4 is 34.2 Å². The Kier molecular flexibility index (Phi) is 3.21. The molecular weight excluding hydrogens is 279 g/mol. The first kappa shape index (κ1) is 12.5. The minimum Gasteiger partial charge on any atom is -0.342 e. The maximum Gasteiger partial charge on any atom is 0.111 e. The summed E-state index contributed by atoms with van der Waals surface area (Å²) in [7, 11) is 0. The van der Waals surface area contributed by atoms with Crippen LogP contribution in [0.5, 0.6) is 0 Å². The Morgan fingerprint density at radius 1 is 1.11 bits per heavy atom. The van der Waals surface area contributed by atoms with Crippen molar-refractivity contribution in [1.82, 2.24) is 9.97 Å². The van der Waals surface area contributed by atoms with E-state index in [4.69, 9.17) is 23.2 Å². The van der Waals surface area contributed by atoms with Crippen LogP contribution in [0.1, 0.15) is 17.0 Å². The first-order chi connectivity index (χ1) is 9.11. The van der Waals surface area contributed by atoms with Crippen molar-refractivity contribution in [1.29, 1.82) is 0 Å². The van der Waals surface area contributed by atoms with Crippen LogP contribution >= 0.6 is 23.2 Å². The molecule has 0 unspecified atom stereocenters. The highest BCUT2D eigenvalue weighted by Gasteiger charge is 2.06. The van der Waals surface area contributed by atoms with Crippen molar-refractivity contribution in [2.75, 3.05) is 0 Å². The van der Waals surface area contributed by atoms with E-state index in [2.05, 4.69) is 9.97 Å². The zero-order chi connectivity index (χ0) is 13.4. The molecule has 0 spiro atoms. The molecule has 2 nitrogen and oxygen atoms in total. The average Bonchev–Trinajstić information content (AvgIpc) is 2.74. The lowest BCUT2D eigenvalue weighted by atomic mass is 10.1. The van der Waals surface area contributed by atoms with E-state index in [-0.39, 0.29) is 0 Å². The second-order valence-electron chi connectivity index (χ2n) is 4.61. The first-order valence-corrected chi connectivity index (χ1v) is 6.76. The van der Waals surface area contributed by atoms with E-state index in [9.17, 15) is 0 Å². The summed E-state index contributed by atoms with van der Waals surface area (Å²) >= 11 is 12.0. The highest BCUT2D eigenvalue weighted by molar-refractivity contribution is 6.32. The molecule has 0 atom stereocenters. The maximum atomic E-state index is 6.11. The predicted molar refractivity (Wildman–Crippen MR) is 80.1 cm³/mol. The lowest BCUT2D eigenvalue weighted by molar-refractivity contribution is 1.04. The van der Waals surface area contributed by atoms with Gasteiger partial charge in [-0.3, -0.25) is 0 Å². The lowest BCUT2D eigenvalue weighted by Crippen LogP contribution is -1.89. The lowest BCUT2D eigenvalue weighted by Gasteiger charge is -1.97. The number of hydrogen-bond acceptors (Lipinski definition) is 1. The molecule has 0 saturated heterocycles. The van der Waals surface area contributed by atoms with Crippen molar-refractivity contribution in [3.05, 3.63) is 63.4 Å². The number of aryl methyl sites for hydroxylation is 1. The number of halogens is 2. The van der Waals surface area contributed by atoms with Gasteiger partial charge in [0.1, 0.15) is 5.82 Å². The number of nitrogens with one attached hydrogen (secondary N) is 1. The molecule has 0 fully saturated rings. The minimum absolute atomic E-state index is 0.746. The van der Waals surface area contributed by atoms with Crippen LogP contribution in [0, 0.1) is 6.92 Å². The number of fused-ring (bicyclic) bond motifs is 1. The summed E-state index contributed by atoms with van der Waals surface area (Å²) in [5, 5.41) is 1.49. The minimum atomic E-state index is 0.746. The largest absolute Gasteiger partial charge is 0.342 e. The summed E-state index contributed by atoms with van der Waals surface area (Å²) in [6, 6.07) is 11.7. The van der Waals surface area contributed by atoms with Crippen LogP contribution in [0.3, 0.4) is 0 Å². The highest BCUT2D eigenvalue weighted by atomic mass is 35.5. The van der Waals surface area contributed by atoms with E-state index >= 15 is 0 Å². The van der Waals surface area contributed by atoms with Gasteiger partial charge in [-0.2, -0.15) is 0 Å². The number of aromatic amines is 1. The van der Waals surface area contributed by atoms with E-state index in [1.807, 2.05) is 43.3 Å². The van der Waals surface area contributed by atoms with Crippen LogP contribution in [0.25, 0.3) is 11.0 Å². The fourth-order valence-corrected chi connectivity index (χ4v) is 2.36. The third-order valence-corrected chi connectivity index (χ3v) is 3.76. The van der Waals surface area contributed by atoms with Gasteiger partial charge in [0, 0.05) is 16.5 Å². The molecule has 0 amide bonds. The molecule has 0 aliphatic rings. The van der Waals surface area contributed by atoms with Crippen molar-refractivity contribution in [3.63, 3.8) is 0 Å². The van der Waals surface area contributed by atoms with Gasteiger partial charge in [0.05, 0.1) is 11.0 Å². The van der Waals surface area contributed by atoms with Crippen LogP contribution < -0.4 is 0 Å². The summed E-state index contributed by atoms with van der Waals surface area (Å²) in [6.07, 6.45) is 0.752. The highest BCUT2D eigenvalue weighted by Crippen LogP contribution is 2.22. The summed E-state index contributed by atoms with van der Waals surface area (Å²) in [5.74, 6) is 0.930. The molecule has 0 aliphatic carbocycles. The molecule has 96 valence electrons. The van der Waals surface area contributed by atoms with Crippen molar-refractivity contribution in [2.24, 2.45) is 0 Å². The molecule has 4 heteroatoms. The van der Waals surface area contributed by atoms with E-state index < -0.39 is 0 Å². The van der Waals surface area contributed by atoms with Gasteiger partial charge >= 0.3 is 0 Å². The van der Waals surface area contributed by atoms with E-state index in [1.54, 1.807) is 0 Å². The molecule has 19 heavy (non-hydrogen) atoms. The molecule has 0 bridgehead atoms. The van der Waals surface area contributed by atoms with Gasteiger partial charge in [0.25, 0.3) is 0 Å². The van der Waals surface area contributed by atoms with Gasteiger partial charge in [-0.1, -0.05) is 35.3 Å². The second-order valence-corrected chi connectivity index (χ2v) is 5.45. The summed E-state index contributed by atoms with van der Waals surface area (Å²) in [5.41, 5.74) is 4.15. The number of H-pyrrole nitrogens is 1. The number of imidazole rings is 1. The quantitative estimate of drug-likeness (QED) is 0.724. The number of hydrogen-bond donors (Lipinski definition) is 1. The van der Waals surface area contributed by atoms with Crippen molar-refractivity contribution < 1.29 is 0 Å². The van der Waals surface area contributed by atoms with Crippen LogP contribution in [0.15, 0.2) is 36.4 Å². The Balaban J connectivity index is 1.95. The number of rotatable bonds is 2. The Labute approximate surface area is 121 Å². The van der Waals surface area contributed by atoms with Crippen LogP contribution in [0.4, 0.5) is 0 Å². The molecule has 1 heterocycles.